The minimum Gasteiger partial charge on any atom is -0.477 e. The average Bonchev–Trinajstić information content (AvgIpc) is 2.86. The Bertz CT molecular complexity index is 550. The third kappa shape index (κ3) is 3.66. The Morgan fingerprint density at radius 1 is 1.52 bits per heavy atom. The maximum absolute atomic E-state index is 11.1. The molecule has 1 aliphatic rings. The quantitative estimate of drug-likeness (QED) is 0.618. The predicted octanol–water partition coefficient (Wildman–Crippen LogP) is 3.38. The smallest absolute Gasteiger partial charge is 0.342 e. The Balaban J connectivity index is 2.19. The molecule has 2 rings (SSSR count). The average molecular weight is 310 g/mol. The Morgan fingerprint density at radius 3 is 2.90 bits per heavy atom. The number of benzene rings is 1. The van der Waals surface area contributed by atoms with Crippen LogP contribution in [0.25, 0.3) is 0 Å². The lowest BCUT2D eigenvalue weighted by Crippen LogP contribution is -2.26. The fourth-order valence-corrected chi connectivity index (χ4v) is 3.87. The fraction of sp³-hybridized carbons (Fsp3) is 0.500. The summed E-state index contributed by atoms with van der Waals surface area (Å²) in [6.07, 6.45) is 3.33. The van der Waals surface area contributed by atoms with Crippen molar-refractivity contribution in [2.45, 2.75) is 37.5 Å². The Kier molecular flexibility index (Phi) is 5.06. The Morgan fingerprint density at radius 2 is 2.29 bits per heavy atom. The summed E-state index contributed by atoms with van der Waals surface area (Å²) in [5, 5.41) is 23.8. The van der Waals surface area contributed by atoms with Gasteiger partial charge in [-0.2, -0.15) is 11.8 Å². The van der Waals surface area contributed by atoms with E-state index in [1.165, 1.54) is 12.1 Å². The molecule has 0 amide bonds. The van der Waals surface area contributed by atoms with Crippen LogP contribution < -0.4 is 5.32 Å². The van der Waals surface area contributed by atoms with E-state index in [-0.39, 0.29) is 17.3 Å². The van der Waals surface area contributed by atoms with Gasteiger partial charge >= 0.3 is 5.97 Å². The number of hydrogen-bond donors (Lipinski definition) is 2. The van der Waals surface area contributed by atoms with Crippen molar-refractivity contribution in [1.82, 2.24) is 0 Å². The number of nitro groups is 1. The van der Waals surface area contributed by atoms with E-state index < -0.39 is 10.9 Å². The van der Waals surface area contributed by atoms with Gasteiger partial charge in [-0.25, -0.2) is 4.79 Å². The summed E-state index contributed by atoms with van der Waals surface area (Å²) in [6.45, 7) is 2.12. The molecule has 1 aromatic rings. The van der Waals surface area contributed by atoms with Crippen LogP contribution in [0, 0.1) is 10.1 Å². The van der Waals surface area contributed by atoms with Crippen LogP contribution in [0.2, 0.25) is 0 Å². The van der Waals surface area contributed by atoms with Gasteiger partial charge in [0.2, 0.25) is 0 Å². The first kappa shape index (κ1) is 15.6. The topological polar surface area (TPSA) is 92.5 Å². The summed E-state index contributed by atoms with van der Waals surface area (Å²) in [4.78, 5) is 21.3. The first-order valence-electron chi connectivity index (χ1n) is 6.92. The van der Waals surface area contributed by atoms with Gasteiger partial charge in [0.15, 0.2) is 0 Å². The number of thioether (sulfide) groups is 1. The molecule has 7 heteroatoms. The van der Waals surface area contributed by atoms with E-state index >= 15 is 0 Å². The number of carboxylic acid groups (broad SMARTS) is 1. The summed E-state index contributed by atoms with van der Waals surface area (Å²) >= 11 is 1.90. The minimum absolute atomic E-state index is 0.275. The molecule has 0 heterocycles. The normalized spacial score (nSPS) is 21.2. The molecule has 114 valence electrons. The molecule has 0 bridgehead atoms. The molecule has 1 fully saturated rings. The standard InChI is InChI=1S/C14H18N2O4S/c1-2-21-13-5-3-4-11(13)15-9-6-7-12(16(19)20)10(8-9)14(17)18/h6-8,11,13,15H,2-5H2,1H3,(H,17,18). The Hall–Kier alpha value is -1.76. The number of hydrogen-bond acceptors (Lipinski definition) is 5. The van der Waals surface area contributed by atoms with Crippen molar-refractivity contribution in [3.05, 3.63) is 33.9 Å². The highest BCUT2D eigenvalue weighted by Crippen LogP contribution is 2.33. The number of rotatable bonds is 6. The van der Waals surface area contributed by atoms with Gasteiger partial charge < -0.3 is 10.4 Å². The summed E-state index contributed by atoms with van der Waals surface area (Å²) < 4.78 is 0. The fourth-order valence-electron chi connectivity index (χ4n) is 2.68. The van der Waals surface area contributed by atoms with Gasteiger partial charge in [-0.1, -0.05) is 13.3 Å². The molecule has 2 atom stereocenters. The van der Waals surface area contributed by atoms with Gasteiger partial charge in [0.25, 0.3) is 5.69 Å². The van der Waals surface area contributed by atoms with Gasteiger partial charge in [-0.3, -0.25) is 10.1 Å². The van der Waals surface area contributed by atoms with Gasteiger partial charge in [-0.15, -0.1) is 0 Å². The molecule has 1 aliphatic carbocycles. The summed E-state index contributed by atoms with van der Waals surface area (Å²) in [5.41, 5.74) is -0.0201. The molecule has 2 N–H and O–H groups in total. The molecule has 6 nitrogen and oxygen atoms in total. The van der Waals surface area contributed by atoms with E-state index in [1.54, 1.807) is 6.07 Å². The van der Waals surface area contributed by atoms with E-state index in [4.69, 9.17) is 5.11 Å². The van der Waals surface area contributed by atoms with Crippen molar-refractivity contribution in [2.75, 3.05) is 11.1 Å². The van der Waals surface area contributed by atoms with Crippen LogP contribution in [0.15, 0.2) is 18.2 Å². The molecule has 0 saturated heterocycles. The third-order valence-corrected chi connectivity index (χ3v) is 4.93. The second kappa shape index (κ2) is 6.80. The molecule has 0 aliphatic heterocycles. The van der Waals surface area contributed by atoms with Crippen molar-refractivity contribution >= 4 is 29.1 Å². The molecule has 2 unspecified atom stereocenters. The largest absolute Gasteiger partial charge is 0.477 e. The van der Waals surface area contributed by atoms with Crippen LogP contribution in [0.3, 0.4) is 0 Å². The molecular weight excluding hydrogens is 292 g/mol. The lowest BCUT2D eigenvalue weighted by molar-refractivity contribution is -0.385. The first-order valence-corrected chi connectivity index (χ1v) is 7.97. The van der Waals surface area contributed by atoms with Crippen molar-refractivity contribution in [1.29, 1.82) is 0 Å². The number of nitro benzene ring substituents is 1. The molecule has 0 aromatic heterocycles. The van der Waals surface area contributed by atoms with Crippen LogP contribution in [-0.4, -0.2) is 33.0 Å². The van der Waals surface area contributed by atoms with Crippen LogP contribution in [0.1, 0.15) is 36.5 Å². The third-order valence-electron chi connectivity index (χ3n) is 3.61. The number of carboxylic acids is 1. The summed E-state index contributed by atoms with van der Waals surface area (Å²) in [5.74, 6) is -0.236. The van der Waals surface area contributed by atoms with Crippen LogP contribution in [-0.2, 0) is 0 Å². The van der Waals surface area contributed by atoms with E-state index in [9.17, 15) is 14.9 Å². The number of nitrogens with one attached hydrogen (secondary N) is 1. The number of aromatic carboxylic acids is 1. The van der Waals surface area contributed by atoms with Gasteiger partial charge in [-0.05, 0) is 30.7 Å². The van der Waals surface area contributed by atoms with Gasteiger partial charge in [0, 0.05) is 23.0 Å². The number of carbonyl (C=O) groups is 1. The second-order valence-corrected chi connectivity index (χ2v) is 6.49. The van der Waals surface area contributed by atoms with E-state index in [2.05, 4.69) is 12.2 Å². The minimum atomic E-state index is -1.28. The lowest BCUT2D eigenvalue weighted by atomic mass is 10.1. The van der Waals surface area contributed by atoms with Crippen LogP contribution >= 0.6 is 11.8 Å². The monoisotopic (exact) mass is 310 g/mol. The molecular formula is C14H18N2O4S. The Labute approximate surface area is 127 Å². The lowest BCUT2D eigenvalue weighted by Gasteiger charge is -2.21. The van der Waals surface area contributed by atoms with E-state index in [1.807, 2.05) is 11.8 Å². The number of anilines is 1. The summed E-state index contributed by atoms with van der Waals surface area (Å²) in [6, 6.07) is 4.48. The van der Waals surface area contributed by atoms with Crippen molar-refractivity contribution in [3.63, 3.8) is 0 Å². The zero-order valence-corrected chi connectivity index (χ0v) is 12.6. The maximum Gasteiger partial charge on any atom is 0.342 e. The summed E-state index contributed by atoms with van der Waals surface area (Å²) in [7, 11) is 0. The maximum atomic E-state index is 11.1. The number of nitrogens with zero attached hydrogens (tertiary/aromatic N) is 1. The molecule has 0 radical (unpaired) electrons. The van der Waals surface area contributed by atoms with E-state index in [0.29, 0.717) is 10.9 Å². The SMILES string of the molecule is CCSC1CCCC1Nc1ccc([N+](=O)[O-])c(C(=O)O)c1. The molecule has 1 saturated carbocycles. The molecule has 1 aromatic carbocycles. The van der Waals surface area contributed by atoms with Gasteiger partial charge in [0.1, 0.15) is 5.56 Å². The van der Waals surface area contributed by atoms with E-state index in [0.717, 1.165) is 25.0 Å². The van der Waals surface area contributed by atoms with Crippen LogP contribution in [0.5, 0.6) is 0 Å². The predicted molar refractivity (Wildman–Crippen MR) is 83.2 cm³/mol. The van der Waals surface area contributed by atoms with Crippen LogP contribution in [0.4, 0.5) is 11.4 Å². The second-order valence-electron chi connectivity index (χ2n) is 4.97. The zero-order valence-electron chi connectivity index (χ0n) is 11.7. The molecule has 0 spiro atoms. The van der Waals surface area contributed by atoms with Crippen molar-refractivity contribution in [2.24, 2.45) is 0 Å². The highest BCUT2D eigenvalue weighted by atomic mass is 32.2. The first-order chi connectivity index (χ1) is 10.0. The van der Waals surface area contributed by atoms with Crippen molar-refractivity contribution < 1.29 is 14.8 Å². The van der Waals surface area contributed by atoms with Crippen molar-refractivity contribution in [3.8, 4) is 0 Å². The highest BCUT2D eigenvalue weighted by molar-refractivity contribution is 7.99. The highest BCUT2D eigenvalue weighted by Gasteiger charge is 2.28. The zero-order chi connectivity index (χ0) is 15.4. The van der Waals surface area contributed by atoms with Gasteiger partial charge in [0.05, 0.1) is 4.92 Å². The molecule has 21 heavy (non-hydrogen) atoms.